The average molecular weight is 436 g/mol. The van der Waals surface area contributed by atoms with Crippen LogP contribution in [0.3, 0.4) is 0 Å². The van der Waals surface area contributed by atoms with Crippen LogP contribution in [-0.4, -0.2) is 36.2 Å². The van der Waals surface area contributed by atoms with Crippen molar-refractivity contribution in [1.82, 2.24) is 14.9 Å². The Bertz CT molecular complexity index is 975. The molecule has 3 aliphatic rings. The van der Waals surface area contributed by atoms with Gasteiger partial charge in [-0.2, -0.15) is 0 Å². The van der Waals surface area contributed by atoms with Gasteiger partial charge in [0.25, 0.3) is 0 Å². The number of benzene rings is 1. The molecule has 2 aliphatic heterocycles. The normalized spacial score (nSPS) is 24.7. The minimum absolute atomic E-state index is 0.0941. The fourth-order valence-corrected chi connectivity index (χ4v) is 5.71. The molecular formula is C25H33N5O2. The van der Waals surface area contributed by atoms with Crippen LogP contribution in [0.15, 0.2) is 36.5 Å². The number of fused-ring (bicyclic) bond motifs is 3. The van der Waals surface area contributed by atoms with Crippen molar-refractivity contribution in [3.05, 3.63) is 52.9 Å². The van der Waals surface area contributed by atoms with Gasteiger partial charge in [0.2, 0.25) is 0 Å². The summed E-state index contributed by atoms with van der Waals surface area (Å²) in [5, 5.41) is 22.7. The van der Waals surface area contributed by atoms with Crippen LogP contribution in [0.25, 0.3) is 0 Å². The number of quaternary nitrogens is 1. The summed E-state index contributed by atoms with van der Waals surface area (Å²) in [6.07, 6.45) is 11.9. The lowest BCUT2D eigenvalue weighted by atomic mass is 9.95. The largest absolute Gasteiger partial charge is 0.627 e. The van der Waals surface area contributed by atoms with Crippen molar-refractivity contribution in [3.63, 3.8) is 0 Å². The zero-order chi connectivity index (χ0) is 22.0. The molecule has 1 aromatic heterocycles. The van der Waals surface area contributed by atoms with Crippen LogP contribution in [0.5, 0.6) is 0 Å². The van der Waals surface area contributed by atoms with E-state index in [0.717, 1.165) is 54.7 Å². The van der Waals surface area contributed by atoms with Crippen molar-refractivity contribution in [2.75, 3.05) is 23.7 Å². The maximum absolute atomic E-state index is 13.2. The van der Waals surface area contributed by atoms with Crippen LogP contribution in [-0.2, 0) is 12.8 Å². The Morgan fingerprint density at radius 1 is 1.09 bits per heavy atom. The number of rotatable bonds is 6. The van der Waals surface area contributed by atoms with E-state index in [1.165, 1.54) is 32.1 Å². The molecule has 7 heteroatoms. The number of amides is 2. The first-order valence-corrected chi connectivity index (χ1v) is 12.1. The predicted molar refractivity (Wildman–Crippen MR) is 129 cm³/mol. The van der Waals surface area contributed by atoms with E-state index in [2.05, 4.69) is 20.9 Å². The maximum Gasteiger partial charge on any atom is 0.324 e. The minimum Gasteiger partial charge on any atom is -0.627 e. The number of hydrogen-bond donors (Lipinski definition) is 3. The molecule has 0 bridgehead atoms. The molecule has 1 saturated carbocycles. The van der Waals surface area contributed by atoms with Crippen LogP contribution in [0.1, 0.15) is 56.1 Å². The molecule has 0 spiro atoms. The molecule has 3 N–H and O–H groups in total. The van der Waals surface area contributed by atoms with Gasteiger partial charge < -0.3 is 20.5 Å². The Balaban J connectivity index is 1.18. The van der Waals surface area contributed by atoms with Gasteiger partial charge in [0.1, 0.15) is 11.5 Å². The number of carbonyl (C=O) groups is 1. The zero-order valence-corrected chi connectivity index (χ0v) is 18.6. The molecule has 32 heavy (non-hydrogen) atoms. The van der Waals surface area contributed by atoms with Crippen molar-refractivity contribution in [3.8, 4) is 0 Å². The fourth-order valence-electron chi connectivity index (χ4n) is 5.71. The van der Waals surface area contributed by atoms with Crippen molar-refractivity contribution < 1.29 is 4.79 Å². The topological polar surface area (TPSA) is 89.1 Å². The predicted octanol–water partition coefficient (Wildman–Crippen LogP) is 4.71. The highest BCUT2D eigenvalue weighted by molar-refractivity contribution is 6.00. The van der Waals surface area contributed by atoms with E-state index in [9.17, 15) is 10.0 Å². The summed E-state index contributed by atoms with van der Waals surface area (Å²) in [5.74, 6) is 0.540. The number of hydrogen-bond acceptors (Lipinski definition) is 4. The monoisotopic (exact) mass is 435 g/mol. The van der Waals surface area contributed by atoms with Crippen molar-refractivity contribution in [2.24, 2.45) is 0 Å². The van der Waals surface area contributed by atoms with E-state index in [1.807, 2.05) is 30.3 Å². The number of carbonyl (C=O) groups excluding carboxylic acids is 1. The molecule has 1 aromatic carbocycles. The Morgan fingerprint density at radius 3 is 2.84 bits per heavy atom. The first kappa shape index (κ1) is 21.4. The molecule has 2 unspecified atom stereocenters. The Kier molecular flexibility index (Phi) is 6.13. The van der Waals surface area contributed by atoms with E-state index >= 15 is 0 Å². The van der Waals surface area contributed by atoms with E-state index in [4.69, 9.17) is 0 Å². The second kappa shape index (κ2) is 9.17. The summed E-state index contributed by atoms with van der Waals surface area (Å²) in [6, 6.07) is 10.0. The standard InChI is InChI=1S/C25H33N5O2/c31-25(28-22-9-4-10-23-21(22)17-20-8-5-15-30(20,23)32)29-24-16-18(12-14-27-24)11-13-26-19-6-2-1-3-7-19/h4,9-10,12,14,16,19-20,26H,1-3,5-8,11,13,15,17H2,(H2,27,28,29,31). The highest BCUT2D eigenvalue weighted by atomic mass is 16.6. The Morgan fingerprint density at radius 2 is 1.97 bits per heavy atom. The van der Waals surface area contributed by atoms with Crippen molar-refractivity contribution in [1.29, 1.82) is 0 Å². The third-order valence-electron chi connectivity index (χ3n) is 7.38. The summed E-state index contributed by atoms with van der Waals surface area (Å²) in [6.45, 7) is 1.58. The molecule has 2 aromatic rings. The highest BCUT2D eigenvalue weighted by Crippen LogP contribution is 2.46. The zero-order valence-electron chi connectivity index (χ0n) is 18.6. The number of pyridine rings is 1. The summed E-state index contributed by atoms with van der Waals surface area (Å²) < 4.78 is -0.231. The second-order valence-electron chi connectivity index (χ2n) is 9.49. The maximum atomic E-state index is 13.2. The summed E-state index contributed by atoms with van der Waals surface area (Å²) >= 11 is 0. The van der Waals surface area contributed by atoms with Gasteiger partial charge in [-0.3, -0.25) is 5.32 Å². The lowest BCUT2D eigenvalue weighted by molar-refractivity contribution is 0.262. The van der Waals surface area contributed by atoms with Crippen molar-refractivity contribution >= 4 is 23.2 Å². The number of hydroxylamine groups is 2. The molecule has 170 valence electrons. The van der Waals surface area contributed by atoms with Gasteiger partial charge in [0.15, 0.2) is 0 Å². The van der Waals surface area contributed by atoms with E-state index in [0.29, 0.717) is 18.4 Å². The lowest BCUT2D eigenvalue weighted by Gasteiger charge is -2.39. The first-order chi connectivity index (χ1) is 15.6. The number of nitrogens with zero attached hydrogens (tertiary/aromatic N) is 2. The van der Waals surface area contributed by atoms with Crippen LogP contribution in [0.2, 0.25) is 0 Å². The van der Waals surface area contributed by atoms with Gasteiger partial charge in [0.05, 0.1) is 18.3 Å². The smallest absolute Gasteiger partial charge is 0.324 e. The quantitative estimate of drug-likeness (QED) is 0.453. The van der Waals surface area contributed by atoms with Crippen molar-refractivity contribution in [2.45, 2.75) is 69.9 Å². The molecule has 1 saturated heterocycles. The molecule has 7 nitrogen and oxygen atoms in total. The van der Waals surface area contributed by atoms with Gasteiger partial charge >= 0.3 is 6.03 Å². The molecule has 2 fully saturated rings. The van der Waals surface area contributed by atoms with Gasteiger partial charge in [-0.25, -0.2) is 9.78 Å². The molecule has 1 aliphatic carbocycles. The number of urea groups is 1. The number of nitrogens with one attached hydrogen (secondary N) is 3. The minimum atomic E-state index is -0.326. The molecular weight excluding hydrogens is 402 g/mol. The molecule has 2 atom stereocenters. The Labute approximate surface area is 189 Å². The lowest BCUT2D eigenvalue weighted by Crippen LogP contribution is -2.44. The van der Waals surface area contributed by atoms with Crippen LogP contribution < -0.4 is 20.6 Å². The second-order valence-corrected chi connectivity index (χ2v) is 9.49. The highest BCUT2D eigenvalue weighted by Gasteiger charge is 2.45. The average Bonchev–Trinajstić information content (AvgIpc) is 3.29. The van der Waals surface area contributed by atoms with Crippen LogP contribution >= 0.6 is 0 Å². The van der Waals surface area contributed by atoms with Crippen LogP contribution in [0, 0.1) is 5.21 Å². The summed E-state index contributed by atoms with van der Waals surface area (Å²) in [5.41, 5.74) is 3.68. The SMILES string of the molecule is O=C(Nc1cc(CCNC2CCCCC2)ccn1)Nc1cccc2c1CC1CCC[N+]21[O-]. The third-order valence-corrected chi connectivity index (χ3v) is 7.38. The van der Waals surface area contributed by atoms with Gasteiger partial charge in [-0.15, -0.1) is 0 Å². The number of aromatic nitrogens is 1. The van der Waals surface area contributed by atoms with E-state index in [-0.39, 0.29) is 16.7 Å². The fraction of sp³-hybridized carbons (Fsp3) is 0.520. The molecule has 3 heterocycles. The van der Waals surface area contributed by atoms with Gasteiger partial charge in [0, 0.05) is 37.1 Å². The Hall–Kier alpha value is -2.48. The van der Waals surface area contributed by atoms with Gasteiger partial charge in [-0.05, 0) is 55.6 Å². The molecule has 5 rings (SSSR count). The number of anilines is 2. The van der Waals surface area contributed by atoms with Gasteiger partial charge in [-0.1, -0.05) is 25.3 Å². The van der Waals surface area contributed by atoms with Crippen LogP contribution in [0.4, 0.5) is 22.0 Å². The van der Waals surface area contributed by atoms with E-state index < -0.39 is 0 Å². The van der Waals surface area contributed by atoms with E-state index in [1.54, 1.807) is 6.20 Å². The molecule has 0 radical (unpaired) electrons. The summed E-state index contributed by atoms with van der Waals surface area (Å²) in [4.78, 5) is 17.0. The third kappa shape index (κ3) is 4.37. The molecule has 2 amide bonds. The first-order valence-electron chi connectivity index (χ1n) is 12.1. The summed E-state index contributed by atoms with van der Waals surface area (Å²) in [7, 11) is 0.